The van der Waals surface area contributed by atoms with E-state index in [1.54, 1.807) is 0 Å². The highest BCUT2D eigenvalue weighted by Crippen LogP contribution is 2.26. The lowest BCUT2D eigenvalue weighted by atomic mass is 10.1. The monoisotopic (exact) mass is 357 g/mol. The second kappa shape index (κ2) is 6.04. The summed E-state index contributed by atoms with van der Waals surface area (Å²) in [4.78, 5) is 14.7. The predicted octanol–water partition coefficient (Wildman–Crippen LogP) is 4.08. The second-order valence-electron chi connectivity index (χ2n) is 5.25. The van der Waals surface area contributed by atoms with E-state index in [4.69, 9.17) is 0 Å². The van der Waals surface area contributed by atoms with Crippen molar-refractivity contribution in [2.75, 3.05) is 0 Å². The molecule has 0 aromatic heterocycles. The van der Waals surface area contributed by atoms with Gasteiger partial charge in [-0.15, -0.1) is 0 Å². The van der Waals surface area contributed by atoms with Crippen molar-refractivity contribution in [3.05, 3.63) is 33.4 Å². The lowest BCUT2D eigenvalue weighted by Crippen LogP contribution is -2.43. The maximum absolute atomic E-state index is 12.6. The Morgan fingerprint density at radius 2 is 2.00 bits per heavy atom. The number of rotatable bonds is 3. The fourth-order valence-corrected chi connectivity index (χ4v) is 3.32. The molecule has 2 rings (SSSR count). The Balaban J connectivity index is 2.22. The van der Waals surface area contributed by atoms with E-state index in [1.807, 2.05) is 24.3 Å². The first-order valence-corrected chi connectivity index (χ1v) is 7.75. The van der Waals surface area contributed by atoms with Crippen LogP contribution < -0.4 is 0 Å². The first-order valence-electron chi connectivity index (χ1n) is 6.68. The summed E-state index contributed by atoms with van der Waals surface area (Å²) < 4.78 is 1.12. The molecule has 1 aliphatic carbocycles. The molecule has 0 atom stereocenters. The van der Waals surface area contributed by atoms with Gasteiger partial charge in [-0.2, -0.15) is 0 Å². The molecule has 18 heavy (non-hydrogen) atoms. The highest BCUT2D eigenvalue weighted by atomic mass is 127. The predicted molar refractivity (Wildman–Crippen MR) is 82.7 cm³/mol. The molecule has 0 radical (unpaired) electrons. The summed E-state index contributed by atoms with van der Waals surface area (Å²) in [6.07, 6.45) is 4.84. The molecule has 0 aliphatic heterocycles. The number of amides is 1. The molecule has 0 saturated heterocycles. The van der Waals surface area contributed by atoms with Gasteiger partial charge >= 0.3 is 0 Å². The van der Waals surface area contributed by atoms with Crippen LogP contribution >= 0.6 is 22.6 Å². The number of benzene rings is 1. The first kappa shape index (κ1) is 13.8. The average Bonchev–Trinajstić information content (AvgIpc) is 2.82. The fourth-order valence-electron chi connectivity index (χ4n) is 2.77. The number of hydrogen-bond donors (Lipinski definition) is 0. The van der Waals surface area contributed by atoms with Crippen molar-refractivity contribution in [2.24, 2.45) is 0 Å². The van der Waals surface area contributed by atoms with Crippen molar-refractivity contribution < 1.29 is 4.79 Å². The molecule has 1 aromatic carbocycles. The lowest BCUT2D eigenvalue weighted by molar-refractivity contribution is 0.0613. The highest BCUT2D eigenvalue weighted by molar-refractivity contribution is 14.1. The molecule has 0 N–H and O–H groups in total. The van der Waals surface area contributed by atoms with Crippen LogP contribution in [0.2, 0.25) is 0 Å². The van der Waals surface area contributed by atoms with Crippen LogP contribution in [-0.2, 0) is 0 Å². The molecule has 1 saturated carbocycles. The van der Waals surface area contributed by atoms with Crippen molar-refractivity contribution in [3.8, 4) is 0 Å². The molecule has 1 amide bonds. The van der Waals surface area contributed by atoms with Crippen LogP contribution in [0.15, 0.2) is 24.3 Å². The van der Waals surface area contributed by atoms with Gasteiger partial charge in [-0.25, -0.2) is 0 Å². The van der Waals surface area contributed by atoms with Gasteiger partial charge in [-0.1, -0.05) is 18.9 Å². The van der Waals surface area contributed by atoms with Crippen LogP contribution in [0.25, 0.3) is 0 Å². The van der Waals surface area contributed by atoms with Crippen LogP contribution in [-0.4, -0.2) is 22.9 Å². The van der Waals surface area contributed by atoms with Crippen LogP contribution in [0.3, 0.4) is 0 Å². The van der Waals surface area contributed by atoms with E-state index in [2.05, 4.69) is 41.3 Å². The number of hydrogen-bond acceptors (Lipinski definition) is 1. The zero-order valence-electron chi connectivity index (χ0n) is 11.0. The number of nitrogens with zero attached hydrogens (tertiary/aromatic N) is 1. The van der Waals surface area contributed by atoms with Crippen LogP contribution in [0.1, 0.15) is 49.9 Å². The van der Waals surface area contributed by atoms with Crippen molar-refractivity contribution >= 4 is 28.5 Å². The molecule has 0 unspecified atom stereocenters. The molecule has 0 spiro atoms. The minimum atomic E-state index is 0.190. The van der Waals surface area contributed by atoms with Crippen molar-refractivity contribution in [2.45, 2.75) is 51.6 Å². The molecule has 0 heterocycles. The van der Waals surface area contributed by atoms with Gasteiger partial charge in [0, 0.05) is 21.2 Å². The van der Waals surface area contributed by atoms with E-state index < -0.39 is 0 Å². The minimum Gasteiger partial charge on any atom is -0.333 e. The third-order valence-corrected chi connectivity index (χ3v) is 4.25. The Morgan fingerprint density at radius 1 is 1.33 bits per heavy atom. The second-order valence-corrected chi connectivity index (χ2v) is 6.50. The highest BCUT2D eigenvalue weighted by Gasteiger charge is 2.29. The number of carbonyl (C=O) groups excluding carboxylic acids is 1. The summed E-state index contributed by atoms with van der Waals surface area (Å²) >= 11 is 2.26. The zero-order valence-corrected chi connectivity index (χ0v) is 13.2. The Morgan fingerprint density at radius 3 is 2.56 bits per heavy atom. The van der Waals surface area contributed by atoms with E-state index in [0.29, 0.717) is 6.04 Å². The normalized spacial score (nSPS) is 16.2. The van der Waals surface area contributed by atoms with Crippen LogP contribution in [0.4, 0.5) is 0 Å². The summed E-state index contributed by atoms with van der Waals surface area (Å²) in [6.45, 7) is 4.23. The summed E-state index contributed by atoms with van der Waals surface area (Å²) in [5, 5.41) is 0. The molecule has 3 heteroatoms. The van der Waals surface area contributed by atoms with E-state index in [0.717, 1.165) is 22.0 Å². The summed E-state index contributed by atoms with van der Waals surface area (Å²) in [5.41, 5.74) is 0.822. The Kier molecular flexibility index (Phi) is 4.65. The van der Waals surface area contributed by atoms with Gasteiger partial charge in [0.15, 0.2) is 0 Å². The topological polar surface area (TPSA) is 20.3 Å². The van der Waals surface area contributed by atoms with E-state index >= 15 is 0 Å². The molecule has 98 valence electrons. The third-order valence-electron chi connectivity index (χ3n) is 3.58. The summed E-state index contributed by atoms with van der Waals surface area (Å²) in [7, 11) is 0. The molecule has 1 aliphatic rings. The summed E-state index contributed by atoms with van der Waals surface area (Å²) in [5.74, 6) is 0.190. The van der Waals surface area contributed by atoms with E-state index in [9.17, 15) is 4.79 Å². The standard InChI is InChI=1S/C15H20INO/c1-11(2)17(14-8-3-4-9-14)15(18)12-6-5-7-13(16)10-12/h5-7,10-11,14H,3-4,8-9H2,1-2H3. The van der Waals surface area contributed by atoms with E-state index in [-0.39, 0.29) is 11.9 Å². The maximum atomic E-state index is 12.6. The van der Waals surface area contributed by atoms with Gasteiger partial charge in [-0.05, 0) is 67.5 Å². The number of halogens is 1. The van der Waals surface area contributed by atoms with Crippen molar-refractivity contribution in [1.82, 2.24) is 4.90 Å². The van der Waals surface area contributed by atoms with Crippen LogP contribution in [0, 0.1) is 3.57 Å². The lowest BCUT2D eigenvalue weighted by Gasteiger charge is -2.33. The third kappa shape index (κ3) is 3.05. The molecule has 1 fully saturated rings. The summed E-state index contributed by atoms with van der Waals surface area (Å²) in [6, 6.07) is 8.60. The smallest absolute Gasteiger partial charge is 0.254 e. The Bertz CT molecular complexity index is 424. The van der Waals surface area contributed by atoms with Gasteiger partial charge < -0.3 is 4.90 Å². The number of carbonyl (C=O) groups is 1. The average molecular weight is 357 g/mol. The Labute approximate surface area is 123 Å². The van der Waals surface area contributed by atoms with Crippen molar-refractivity contribution in [3.63, 3.8) is 0 Å². The largest absolute Gasteiger partial charge is 0.333 e. The van der Waals surface area contributed by atoms with Gasteiger partial charge in [0.05, 0.1) is 0 Å². The molecule has 0 bridgehead atoms. The van der Waals surface area contributed by atoms with Gasteiger partial charge in [0.1, 0.15) is 0 Å². The molecular weight excluding hydrogens is 337 g/mol. The first-order chi connectivity index (χ1) is 8.59. The molecule has 1 aromatic rings. The quantitative estimate of drug-likeness (QED) is 0.747. The molecule has 2 nitrogen and oxygen atoms in total. The molecular formula is C15H20INO. The van der Waals surface area contributed by atoms with Gasteiger partial charge in [-0.3, -0.25) is 4.79 Å². The SMILES string of the molecule is CC(C)N(C(=O)c1cccc(I)c1)C1CCCC1. The van der Waals surface area contributed by atoms with Gasteiger partial charge in [0.25, 0.3) is 5.91 Å². The Hall–Kier alpha value is -0.580. The van der Waals surface area contributed by atoms with Gasteiger partial charge in [0.2, 0.25) is 0 Å². The maximum Gasteiger partial charge on any atom is 0.254 e. The van der Waals surface area contributed by atoms with E-state index in [1.165, 1.54) is 12.8 Å². The van der Waals surface area contributed by atoms with Crippen molar-refractivity contribution in [1.29, 1.82) is 0 Å². The minimum absolute atomic E-state index is 0.190. The van der Waals surface area contributed by atoms with Crippen LogP contribution in [0.5, 0.6) is 0 Å². The zero-order chi connectivity index (χ0) is 13.1. The fraction of sp³-hybridized carbons (Fsp3) is 0.533.